The third-order valence-electron chi connectivity index (χ3n) is 9.62. The second-order valence-corrected chi connectivity index (χ2v) is 12.2. The van der Waals surface area contributed by atoms with Crippen LogP contribution < -0.4 is 0 Å². The fraction of sp³-hybridized carbons (Fsp3) is 0. The zero-order valence-electron chi connectivity index (χ0n) is 26.7. The van der Waals surface area contributed by atoms with E-state index in [2.05, 4.69) is 74.6 Å². The van der Waals surface area contributed by atoms with Gasteiger partial charge in [0.15, 0.2) is 0 Å². The summed E-state index contributed by atoms with van der Waals surface area (Å²) in [6.45, 7) is 8.19. The summed E-state index contributed by atoms with van der Waals surface area (Å²) in [5.41, 5.74) is 10.8. The molecule has 0 N–H and O–H groups in total. The zero-order valence-corrected chi connectivity index (χ0v) is 26.7. The maximum absolute atomic E-state index is 10.7. The zero-order chi connectivity index (χ0) is 33.8. The second kappa shape index (κ2) is 11.4. The summed E-state index contributed by atoms with van der Waals surface area (Å²) in [5, 5.41) is 24.7. The van der Waals surface area contributed by atoms with E-state index in [4.69, 9.17) is 6.57 Å². The van der Waals surface area contributed by atoms with Gasteiger partial charge in [-0.1, -0.05) is 103 Å². The average molecular weight is 636 g/mol. The SMILES string of the molecule is [C-]#[N+]c1cccc(-c2cccc(-c3cccc(-n4c5ccccc5c5ccccc54)c3C#N)c2)c1-n1c2ccccc2c2cc(C#N)ccc21. The number of para-hydroxylation sites is 4. The van der Waals surface area contributed by atoms with E-state index in [1.807, 2.05) is 103 Å². The highest BCUT2D eigenvalue weighted by Gasteiger charge is 2.21. The number of rotatable bonds is 4. The lowest BCUT2D eigenvalue weighted by Crippen LogP contribution is -2.00. The smallest absolute Gasteiger partial charge is 0.211 e. The Labute approximate surface area is 288 Å². The first-order chi connectivity index (χ1) is 24.7. The molecule has 9 aromatic rings. The lowest BCUT2D eigenvalue weighted by Gasteiger charge is -2.17. The average Bonchev–Trinajstić information content (AvgIpc) is 3.69. The van der Waals surface area contributed by atoms with Crippen LogP contribution in [0.3, 0.4) is 0 Å². The van der Waals surface area contributed by atoms with Crippen LogP contribution in [-0.2, 0) is 0 Å². The van der Waals surface area contributed by atoms with Crippen LogP contribution in [0.4, 0.5) is 5.69 Å². The summed E-state index contributed by atoms with van der Waals surface area (Å²) in [6, 6.07) is 55.3. The summed E-state index contributed by atoms with van der Waals surface area (Å²) >= 11 is 0. The fourth-order valence-corrected chi connectivity index (χ4v) is 7.49. The molecule has 2 aromatic heterocycles. The van der Waals surface area contributed by atoms with Gasteiger partial charge < -0.3 is 9.13 Å². The van der Waals surface area contributed by atoms with Gasteiger partial charge in [-0.3, -0.25) is 0 Å². The third kappa shape index (κ3) is 4.24. The summed E-state index contributed by atoms with van der Waals surface area (Å²) in [5.74, 6) is 0. The van der Waals surface area contributed by atoms with Crippen LogP contribution in [0.1, 0.15) is 11.1 Å². The molecule has 7 aromatic carbocycles. The van der Waals surface area contributed by atoms with Crippen molar-refractivity contribution < 1.29 is 0 Å². The van der Waals surface area contributed by atoms with Crippen LogP contribution >= 0.6 is 0 Å². The fourth-order valence-electron chi connectivity index (χ4n) is 7.49. The molecule has 0 amide bonds. The van der Waals surface area contributed by atoms with Crippen molar-refractivity contribution >= 4 is 49.3 Å². The van der Waals surface area contributed by atoms with Crippen molar-refractivity contribution in [2.75, 3.05) is 0 Å². The van der Waals surface area contributed by atoms with E-state index >= 15 is 0 Å². The molecule has 0 fully saturated rings. The Hall–Kier alpha value is -7.39. The maximum atomic E-state index is 10.7. The van der Waals surface area contributed by atoms with E-state index in [0.717, 1.165) is 77.2 Å². The van der Waals surface area contributed by atoms with Gasteiger partial charge in [0, 0.05) is 27.1 Å². The largest absolute Gasteiger partial charge is 0.318 e. The molecule has 9 rings (SSSR count). The van der Waals surface area contributed by atoms with Gasteiger partial charge >= 0.3 is 0 Å². The van der Waals surface area contributed by atoms with E-state index in [0.29, 0.717) is 16.8 Å². The molecule has 5 nitrogen and oxygen atoms in total. The van der Waals surface area contributed by atoms with Crippen LogP contribution in [-0.4, -0.2) is 9.13 Å². The first kappa shape index (κ1) is 28.8. The van der Waals surface area contributed by atoms with Crippen LogP contribution in [0.25, 0.3) is 82.1 Å². The van der Waals surface area contributed by atoms with Crippen molar-refractivity contribution in [2.45, 2.75) is 0 Å². The van der Waals surface area contributed by atoms with E-state index in [9.17, 15) is 10.5 Å². The van der Waals surface area contributed by atoms with Gasteiger partial charge in [-0.05, 0) is 65.2 Å². The van der Waals surface area contributed by atoms with Crippen molar-refractivity contribution in [1.29, 1.82) is 10.5 Å². The van der Waals surface area contributed by atoms with Gasteiger partial charge in [0.1, 0.15) is 6.07 Å². The number of hydrogen-bond acceptors (Lipinski definition) is 2. The molecule has 0 saturated heterocycles. The highest BCUT2D eigenvalue weighted by molar-refractivity contribution is 6.11. The monoisotopic (exact) mass is 635 g/mol. The highest BCUT2D eigenvalue weighted by Crippen LogP contribution is 2.42. The van der Waals surface area contributed by atoms with Crippen molar-refractivity contribution in [3.63, 3.8) is 0 Å². The van der Waals surface area contributed by atoms with Crippen LogP contribution in [0.15, 0.2) is 152 Å². The molecule has 2 heterocycles. The van der Waals surface area contributed by atoms with Gasteiger partial charge in [-0.25, -0.2) is 4.85 Å². The highest BCUT2D eigenvalue weighted by atomic mass is 15.0. The minimum Gasteiger partial charge on any atom is -0.318 e. The first-order valence-electron chi connectivity index (χ1n) is 16.3. The number of aromatic nitrogens is 2. The van der Waals surface area contributed by atoms with E-state index in [1.165, 1.54) is 0 Å². The minimum atomic E-state index is 0.519. The molecule has 0 spiro atoms. The molecule has 0 radical (unpaired) electrons. The summed E-state index contributed by atoms with van der Waals surface area (Å²) < 4.78 is 4.33. The summed E-state index contributed by atoms with van der Waals surface area (Å²) in [6.07, 6.45) is 0. The Bertz CT molecular complexity index is 2920. The third-order valence-corrected chi connectivity index (χ3v) is 9.62. The molecule has 0 bridgehead atoms. The van der Waals surface area contributed by atoms with Crippen LogP contribution in [0.5, 0.6) is 0 Å². The predicted molar refractivity (Wildman–Crippen MR) is 202 cm³/mol. The number of hydrogen-bond donors (Lipinski definition) is 0. The molecule has 0 saturated carbocycles. The molecular weight excluding hydrogens is 611 g/mol. The molecule has 5 heteroatoms. The second-order valence-electron chi connectivity index (χ2n) is 12.2. The molecule has 0 aliphatic carbocycles. The number of nitrogens with zero attached hydrogens (tertiary/aromatic N) is 5. The Morgan fingerprint density at radius 2 is 1.04 bits per heavy atom. The van der Waals surface area contributed by atoms with Gasteiger partial charge in [-0.2, -0.15) is 10.5 Å². The Kier molecular flexibility index (Phi) is 6.56. The lowest BCUT2D eigenvalue weighted by atomic mass is 9.94. The van der Waals surface area contributed by atoms with Gasteiger partial charge in [0.2, 0.25) is 5.69 Å². The first-order valence-corrected chi connectivity index (χ1v) is 16.3. The summed E-state index contributed by atoms with van der Waals surface area (Å²) in [4.78, 5) is 3.99. The predicted octanol–water partition coefficient (Wildman–Crippen LogP) is 11.5. The Morgan fingerprint density at radius 1 is 0.480 bits per heavy atom. The summed E-state index contributed by atoms with van der Waals surface area (Å²) in [7, 11) is 0. The number of benzene rings is 7. The maximum Gasteiger partial charge on any atom is 0.211 e. The Balaban J connectivity index is 1.27. The number of fused-ring (bicyclic) bond motifs is 6. The van der Waals surface area contributed by atoms with Gasteiger partial charge in [-0.15, -0.1) is 0 Å². The van der Waals surface area contributed by atoms with Crippen molar-refractivity contribution in [3.8, 4) is 45.8 Å². The van der Waals surface area contributed by atoms with E-state index in [-0.39, 0.29) is 0 Å². The van der Waals surface area contributed by atoms with Gasteiger partial charge in [0.05, 0.1) is 57.2 Å². The van der Waals surface area contributed by atoms with Crippen LogP contribution in [0.2, 0.25) is 0 Å². The van der Waals surface area contributed by atoms with Crippen molar-refractivity contribution in [1.82, 2.24) is 9.13 Å². The van der Waals surface area contributed by atoms with Crippen molar-refractivity contribution in [3.05, 3.63) is 174 Å². The normalized spacial score (nSPS) is 11.1. The molecule has 0 atom stereocenters. The lowest BCUT2D eigenvalue weighted by molar-refractivity contribution is 1.17. The Morgan fingerprint density at radius 3 is 1.70 bits per heavy atom. The standard InChI is InChI=1S/C45H25N5/c1-48-39-18-9-17-33(45(39)50-42-21-7-4-15-36(42)37-25-29(27-46)23-24-44(37)50)31-12-8-11-30(26-31)32-16-10-22-43(38(32)28-47)49-40-19-5-2-13-34(40)35-14-3-6-20-41(35)49/h2-26H. The molecule has 0 unspecified atom stereocenters. The molecular formula is C45H25N5. The van der Waals surface area contributed by atoms with Gasteiger partial charge in [0.25, 0.3) is 0 Å². The molecule has 230 valence electrons. The molecule has 0 aliphatic heterocycles. The van der Waals surface area contributed by atoms with Crippen LogP contribution in [0, 0.1) is 29.2 Å². The number of nitriles is 2. The van der Waals surface area contributed by atoms with Crippen molar-refractivity contribution in [2.24, 2.45) is 0 Å². The minimum absolute atomic E-state index is 0.519. The van der Waals surface area contributed by atoms with E-state index in [1.54, 1.807) is 0 Å². The van der Waals surface area contributed by atoms with E-state index < -0.39 is 0 Å². The molecule has 50 heavy (non-hydrogen) atoms. The molecule has 0 aliphatic rings. The quantitative estimate of drug-likeness (QED) is 0.181. The topological polar surface area (TPSA) is 61.8 Å².